The van der Waals surface area contributed by atoms with Gasteiger partial charge in [0, 0.05) is 44.7 Å². The third kappa shape index (κ3) is 4.14. The summed E-state index contributed by atoms with van der Waals surface area (Å²) in [4.78, 5) is 0. The Hall–Kier alpha value is -0.550. The number of nitrogens with one attached hydrogen (secondary N) is 1. The van der Waals surface area contributed by atoms with Gasteiger partial charge in [-0.2, -0.15) is 0 Å². The molecule has 0 spiro atoms. The van der Waals surface area contributed by atoms with Crippen LogP contribution >= 0.6 is 15.9 Å². The smallest absolute Gasteiger partial charge is 0.0486 e. The Morgan fingerprint density at radius 2 is 2.25 bits per heavy atom. The van der Waals surface area contributed by atoms with Crippen molar-refractivity contribution in [1.82, 2.24) is 0 Å². The van der Waals surface area contributed by atoms with Crippen molar-refractivity contribution in [3.63, 3.8) is 0 Å². The van der Waals surface area contributed by atoms with Crippen LogP contribution in [0.4, 0.5) is 11.4 Å². The Morgan fingerprint density at radius 3 is 2.81 bits per heavy atom. The van der Waals surface area contributed by atoms with E-state index in [0.29, 0.717) is 0 Å². The molecule has 0 amide bonds. The van der Waals surface area contributed by atoms with E-state index >= 15 is 0 Å². The van der Waals surface area contributed by atoms with E-state index in [0.717, 1.165) is 28.8 Å². The molecule has 0 radical (unpaired) electrons. The normalized spacial score (nSPS) is 14.4. The molecule has 0 bridgehead atoms. The van der Waals surface area contributed by atoms with Gasteiger partial charge in [-0.3, -0.25) is 4.21 Å². The van der Waals surface area contributed by atoms with Gasteiger partial charge in [-0.1, -0.05) is 6.92 Å². The minimum atomic E-state index is -0.749. The van der Waals surface area contributed by atoms with Gasteiger partial charge < -0.3 is 11.1 Å². The highest BCUT2D eigenvalue weighted by molar-refractivity contribution is 9.10. The van der Waals surface area contributed by atoms with Gasteiger partial charge in [0.05, 0.1) is 0 Å². The summed E-state index contributed by atoms with van der Waals surface area (Å²) in [5.74, 6) is 0. The molecule has 1 aromatic carbocycles. The number of nitrogens with two attached hydrogens (primary N) is 1. The zero-order valence-electron chi connectivity index (χ0n) is 9.50. The lowest BCUT2D eigenvalue weighted by molar-refractivity contribution is 0.672. The van der Waals surface area contributed by atoms with E-state index in [-0.39, 0.29) is 5.25 Å². The summed E-state index contributed by atoms with van der Waals surface area (Å²) in [7, 11) is -0.749. The number of rotatable bonds is 5. The van der Waals surface area contributed by atoms with Crippen LogP contribution in [0.3, 0.4) is 0 Å². The van der Waals surface area contributed by atoms with Crippen LogP contribution in [-0.4, -0.2) is 22.3 Å². The average molecular weight is 305 g/mol. The maximum atomic E-state index is 11.2. The van der Waals surface area contributed by atoms with E-state index < -0.39 is 10.8 Å². The first-order valence-electron chi connectivity index (χ1n) is 5.12. The van der Waals surface area contributed by atoms with Gasteiger partial charge in [0.15, 0.2) is 0 Å². The SMILES string of the molecule is CC(CCNc1ccc(N)cc1Br)S(C)=O. The fraction of sp³-hybridized carbons (Fsp3) is 0.455. The van der Waals surface area contributed by atoms with Gasteiger partial charge in [0.25, 0.3) is 0 Å². The van der Waals surface area contributed by atoms with E-state index in [1.165, 1.54) is 0 Å². The van der Waals surface area contributed by atoms with Gasteiger partial charge in [-0.05, 0) is 40.5 Å². The van der Waals surface area contributed by atoms with Crippen molar-refractivity contribution in [2.24, 2.45) is 0 Å². The summed E-state index contributed by atoms with van der Waals surface area (Å²) in [6.45, 7) is 2.80. The minimum absolute atomic E-state index is 0.222. The molecule has 1 rings (SSSR count). The first kappa shape index (κ1) is 13.5. The third-order valence-corrected chi connectivity index (χ3v) is 4.45. The van der Waals surface area contributed by atoms with Crippen molar-refractivity contribution >= 4 is 38.1 Å². The zero-order chi connectivity index (χ0) is 12.1. The second-order valence-corrected chi connectivity index (χ2v) is 6.42. The number of hydrogen-bond donors (Lipinski definition) is 2. The summed E-state index contributed by atoms with van der Waals surface area (Å²) in [5.41, 5.74) is 7.40. The lowest BCUT2D eigenvalue weighted by Gasteiger charge is -2.11. The van der Waals surface area contributed by atoms with E-state index in [1.807, 2.05) is 25.1 Å². The highest BCUT2D eigenvalue weighted by Gasteiger charge is 2.06. The van der Waals surface area contributed by atoms with Crippen molar-refractivity contribution in [1.29, 1.82) is 0 Å². The largest absolute Gasteiger partial charge is 0.399 e. The van der Waals surface area contributed by atoms with Gasteiger partial charge >= 0.3 is 0 Å². The van der Waals surface area contributed by atoms with Gasteiger partial charge in [0.1, 0.15) is 0 Å². The number of hydrogen-bond acceptors (Lipinski definition) is 3. The fourth-order valence-corrected chi connectivity index (χ4v) is 2.24. The summed E-state index contributed by atoms with van der Waals surface area (Å²) in [6, 6.07) is 5.66. The molecule has 0 aliphatic carbocycles. The summed E-state index contributed by atoms with van der Waals surface area (Å²) < 4.78 is 12.1. The molecule has 0 saturated carbocycles. The molecule has 16 heavy (non-hydrogen) atoms. The zero-order valence-corrected chi connectivity index (χ0v) is 11.9. The van der Waals surface area contributed by atoms with Crippen molar-refractivity contribution in [2.75, 3.05) is 23.9 Å². The first-order chi connectivity index (χ1) is 7.50. The molecule has 3 nitrogen and oxygen atoms in total. The Kier molecular flexibility index (Phi) is 5.28. The van der Waals surface area contributed by atoms with E-state index in [9.17, 15) is 4.21 Å². The first-order valence-corrected chi connectivity index (χ1v) is 7.53. The van der Waals surface area contributed by atoms with Crippen LogP contribution in [0.1, 0.15) is 13.3 Å². The second kappa shape index (κ2) is 6.25. The van der Waals surface area contributed by atoms with Crippen LogP contribution in [0, 0.1) is 0 Å². The maximum absolute atomic E-state index is 11.2. The summed E-state index contributed by atoms with van der Waals surface area (Å²) >= 11 is 3.44. The summed E-state index contributed by atoms with van der Waals surface area (Å²) in [6.07, 6.45) is 2.63. The Balaban J connectivity index is 2.46. The Labute approximate surface area is 107 Å². The average Bonchev–Trinajstić information content (AvgIpc) is 2.20. The van der Waals surface area contributed by atoms with E-state index in [4.69, 9.17) is 5.73 Å². The quantitative estimate of drug-likeness (QED) is 0.822. The lowest BCUT2D eigenvalue weighted by Crippen LogP contribution is -2.15. The summed E-state index contributed by atoms with van der Waals surface area (Å²) in [5, 5.41) is 3.51. The monoisotopic (exact) mass is 304 g/mol. The Morgan fingerprint density at radius 1 is 1.56 bits per heavy atom. The molecular weight excluding hydrogens is 288 g/mol. The minimum Gasteiger partial charge on any atom is -0.399 e. The predicted octanol–water partition coefficient (Wildman–Crippen LogP) is 2.60. The molecule has 2 atom stereocenters. The molecule has 3 N–H and O–H groups in total. The standard InChI is InChI=1S/C11H17BrN2OS/c1-8(16(2)15)5-6-14-11-4-3-9(13)7-10(11)12/h3-4,7-8,14H,5-6,13H2,1-2H3. The molecular formula is C11H17BrN2OS. The molecule has 0 aliphatic heterocycles. The van der Waals surface area contributed by atoms with Gasteiger partial charge in [-0.15, -0.1) is 0 Å². The predicted molar refractivity (Wildman–Crippen MR) is 75.2 cm³/mol. The van der Waals surface area contributed by atoms with E-state index in [1.54, 1.807) is 6.26 Å². The van der Waals surface area contributed by atoms with Crippen LogP contribution in [0.5, 0.6) is 0 Å². The fourth-order valence-electron chi connectivity index (χ4n) is 1.25. The van der Waals surface area contributed by atoms with Gasteiger partial charge in [0.2, 0.25) is 0 Å². The van der Waals surface area contributed by atoms with Crippen LogP contribution in [0.2, 0.25) is 0 Å². The molecule has 5 heteroatoms. The molecule has 90 valence electrons. The molecule has 0 fully saturated rings. The van der Waals surface area contributed by atoms with Gasteiger partial charge in [-0.25, -0.2) is 0 Å². The molecule has 0 aromatic heterocycles. The highest BCUT2D eigenvalue weighted by atomic mass is 79.9. The van der Waals surface area contributed by atoms with Crippen LogP contribution in [0.25, 0.3) is 0 Å². The number of halogens is 1. The lowest BCUT2D eigenvalue weighted by atomic mass is 10.2. The number of nitrogen functional groups attached to an aromatic ring is 1. The molecule has 1 aromatic rings. The topological polar surface area (TPSA) is 55.1 Å². The number of benzene rings is 1. The maximum Gasteiger partial charge on any atom is 0.0486 e. The Bertz CT molecular complexity index is 384. The van der Waals surface area contributed by atoms with Crippen LogP contribution in [-0.2, 0) is 10.8 Å². The second-order valence-electron chi connectivity index (χ2n) is 3.76. The van der Waals surface area contributed by atoms with Crippen molar-refractivity contribution < 1.29 is 4.21 Å². The highest BCUT2D eigenvalue weighted by Crippen LogP contribution is 2.24. The molecule has 0 heterocycles. The molecule has 0 aliphatic rings. The molecule has 2 unspecified atom stereocenters. The molecule has 0 saturated heterocycles. The van der Waals surface area contributed by atoms with E-state index in [2.05, 4.69) is 21.2 Å². The van der Waals surface area contributed by atoms with Crippen molar-refractivity contribution in [2.45, 2.75) is 18.6 Å². The third-order valence-electron chi connectivity index (χ3n) is 2.43. The van der Waals surface area contributed by atoms with Crippen LogP contribution in [0.15, 0.2) is 22.7 Å². The van der Waals surface area contributed by atoms with Crippen molar-refractivity contribution in [3.05, 3.63) is 22.7 Å². The van der Waals surface area contributed by atoms with Crippen molar-refractivity contribution in [3.8, 4) is 0 Å². The number of anilines is 2. The van der Waals surface area contributed by atoms with Crippen LogP contribution < -0.4 is 11.1 Å².